The van der Waals surface area contributed by atoms with E-state index in [0.29, 0.717) is 24.5 Å². The summed E-state index contributed by atoms with van der Waals surface area (Å²) < 4.78 is 5.61. The van der Waals surface area contributed by atoms with E-state index in [1.807, 2.05) is 74.5 Å². The smallest absolute Gasteiger partial charge is 0.294 e. The minimum atomic E-state index is -0.711. The Hall–Kier alpha value is -3.86. The number of carbonyl (C=O) groups is 2. The van der Waals surface area contributed by atoms with E-state index in [9.17, 15) is 14.7 Å². The average Bonchev–Trinajstić information content (AvgIpc) is 3.09. The number of Topliss-reactive ketones (excluding diaryl/α,β-unsaturated/α-hetero) is 1. The molecule has 1 aliphatic rings. The fourth-order valence-corrected chi connectivity index (χ4v) is 4.24. The maximum absolute atomic E-state index is 13.4. The molecular formula is C28H27NO4. The van der Waals surface area contributed by atoms with Gasteiger partial charge in [0.1, 0.15) is 5.75 Å². The van der Waals surface area contributed by atoms with Crippen LogP contribution in [-0.4, -0.2) is 23.4 Å². The van der Waals surface area contributed by atoms with Gasteiger partial charge in [-0.3, -0.25) is 14.5 Å². The van der Waals surface area contributed by atoms with Gasteiger partial charge in [-0.25, -0.2) is 0 Å². The molecule has 0 saturated heterocycles. The summed E-state index contributed by atoms with van der Waals surface area (Å²) in [4.78, 5) is 28.1. The molecular weight excluding hydrogens is 414 g/mol. The molecule has 5 nitrogen and oxygen atoms in total. The maximum atomic E-state index is 13.4. The van der Waals surface area contributed by atoms with Gasteiger partial charge in [0, 0.05) is 18.2 Å². The lowest BCUT2D eigenvalue weighted by molar-refractivity contribution is -0.118. The zero-order valence-corrected chi connectivity index (χ0v) is 18.8. The summed E-state index contributed by atoms with van der Waals surface area (Å²) in [6, 6.07) is 23.8. The van der Waals surface area contributed by atoms with Crippen LogP contribution in [0.5, 0.6) is 5.75 Å². The maximum Gasteiger partial charge on any atom is 0.294 e. The third-order valence-electron chi connectivity index (χ3n) is 5.76. The zero-order valence-electron chi connectivity index (χ0n) is 18.8. The number of aryl methyl sites for hydroxylation is 2. The van der Waals surface area contributed by atoms with Crippen LogP contribution in [0.2, 0.25) is 0 Å². The Labute approximate surface area is 193 Å². The number of anilines is 1. The highest BCUT2D eigenvalue weighted by Crippen LogP contribution is 2.42. The minimum absolute atomic E-state index is 0.142. The normalized spacial score (nSPS) is 15.8. The number of rotatable bonds is 8. The quantitative estimate of drug-likeness (QED) is 0.502. The number of benzene rings is 3. The Bertz CT molecular complexity index is 1200. The lowest BCUT2D eigenvalue weighted by Gasteiger charge is -2.27. The predicted octanol–water partition coefficient (Wildman–Crippen LogP) is 5.50. The van der Waals surface area contributed by atoms with Gasteiger partial charge < -0.3 is 9.84 Å². The van der Waals surface area contributed by atoms with Crippen LogP contribution in [-0.2, 0) is 16.0 Å². The van der Waals surface area contributed by atoms with Crippen molar-refractivity contribution in [3.8, 4) is 5.75 Å². The second kappa shape index (κ2) is 9.74. The van der Waals surface area contributed by atoms with E-state index in [-0.39, 0.29) is 17.8 Å². The number of hydrogen-bond donors (Lipinski definition) is 1. The Morgan fingerprint density at radius 3 is 2.48 bits per heavy atom. The summed E-state index contributed by atoms with van der Waals surface area (Å²) in [5.74, 6) is -0.687. The van der Waals surface area contributed by atoms with Crippen molar-refractivity contribution in [3.05, 3.63) is 107 Å². The molecule has 0 spiro atoms. The molecule has 0 fully saturated rings. The monoisotopic (exact) mass is 441 g/mol. The van der Waals surface area contributed by atoms with Gasteiger partial charge in [-0.15, -0.1) is 0 Å². The van der Waals surface area contributed by atoms with Crippen LogP contribution in [0.4, 0.5) is 5.69 Å². The predicted molar refractivity (Wildman–Crippen MR) is 128 cm³/mol. The van der Waals surface area contributed by atoms with E-state index in [0.717, 1.165) is 16.7 Å². The largest absolute Gasteiger partial charge is 0.503 e. The van der Waals surface area contributed by atoms with Crippen molar-refractivity contribution in [1.82, 2.24) is 0 Å². The molecule has 168 valence electrons. The van der Waals surface area contributed by atoms with E-state index in [2.05, 4.69) is 0 Å². The molecule has 0 aliphatic carbocycles. The van der Waals surface area contributed by atoms with Crippen LogP contribution < -0.4 is 9.64 Å². The molecule has 1 atom stereocenters. The molecule has 1 N–H and O–H groups in total. The number of carbonyl (C=O) groups excluding carboxylic acids is 2. The first-order chi connectivity index (χ1) is 16.0. The summed E-state index contributed by atoms with van der Waals surface area (Å²) in [6.45, 7) is 4.34. The van der Waals surface area contributed by atoms with Gasteiger partial charge in [0.2, 0.25) is 0 Å². The van der Waals surface area contributed by atoms with E-state index in [4.69, 9.17) is 4.74 Å². The number of ether oxygens (including phenoxy) is 1. The molecule has 33 heavy (non-hydrogen) atoms. The highest BCUT2D eigenvalue weighted by molar-refractivity contribution is 6.16. The van der Waals surface area contributed by atoms with Crippen LogP contribution in [0, 0.1) is 6.92 Å². The third kappa shape index (κ3) is 4.67. The topological polar surface area (TPSA) is 66.8 Å². The molecule has 1 amide bonds. The molecule has 0 radical (unpaired) electrons. The van der Waals surface area contributed by atoms with E-state index < -0.39 is 17.7 Å². The Kier molecular flexibility index (Phi) is 6.59. The van der Waals surface area contributed by atoms with Gasteiger partial charge in [-0.1, -0.05) is 66.2 Å². The Balaban J connectivity index is 1.73. The van der Waals surface area contributed by atoms with Crippen LogP contribution in [0.1, 0.15) is 36.1 Å². The number of hydrogen-bond acceptors (Lipinski definition) is 4. The van der Waals surface area contributed by atoms with Crippen molar-refractivity contribution >= 4 is 17.4 Å². The molecule has 3 aromatic carbocycles. The zero-order chi connectivity index (χ0) is 23.4. The van der Waals surface area contributed by atoms with Gasteiger partial charge in [0.25, 0.3) is 5.91 Å². The highest BCUT2D eigenvalue weighted by Gasteiger charge is 2.44. The first kappa shape index (κ1) is 22.3. The number of ketones is 1. The van der Waals surface area contributed by atoms with Crippen molar-refractivity contribution in [3.63, 3.8) is 0 Å². The molecule has 1 unspecified atom stereocenters. The van der Waals surface area contributed by atoms with Crippen molar-refractivity contribution in [2.45, 2.75) is 32.7 Å². The molecule has 1 aliphatic heterocycles. The minimum Gasteiger partial charge on any atom is -0.503 e. The van der Waals surface area contributed by atoms with Crippen molar-refractivity contribution in [2.75, 3.05) is 11.5 Å². The number of aliphatic hydroxyl groups is 1. The summed E-state index contributed by atoms with van der Waals surface area (Å²) >= 11 is 0. The second-order valence-electron chi connectivity index (χ2n) is 8.09. The number of amides is 1. The van der Waals surface area contributed by atoms with Crippen molar-refractivity contribution < 1.29 is 19.4 Å². The second-order valence-corrected chi connectivity index (χ2v) is 8.09. The van der Waals surface area contributed by atoms with Crippen molar-refractivity contribution in [1.29, 1.82) is 0 Å². The van der Waals surface area contributed by atoms with Gasteiger partial charge in [0.05, 0.1) is 18.2 Å². The molecule has 0 bridgehead atoms. The fraction of sp³-hybridized carbons (Fsp3) is 0.214. The van der Waals surface area contributed by atoms with E-state index in [1.54, 1.807) is 18.2 Å². The first-order valence-corrected chi connectivity index (χ1v) is 11.1. The van der Waals surface area contributed by atoms with E-state index >= 15 is 0 Å². The molecule has 1 heterocycles. The third-order valence-corrected chi connectivity index (χ3v) is 5.76. The molecule has 0 aromatic heterocycles. The van der Waals surface area contributed by atoms with Crippen molar-refractivity contribution in [2.24, 2.45) is 0 Å². The van der Waals surface area contributed by atoms with Crippen LogP contribution in [0.25, 0.3) is 0 Å². The average molecular weight is 442 g/mol. The Morgan fingerprint density at radius 1 is 1.00 bits per heavy atom. The summed E-state index contributed by atoms with van der Waals surface area (Å²) in [6.07, 6.45) is 0.733. The van der Waals surface area contributed by atoms with Crippen LogP contribution in [0.3, 0.4) is 0 Å². The van der Waals surface area contributed by atoms with Gasteiger partial charge in [-0.2, -0.15) is 0 Å². The van der Waals surface area contributed by atoms with Crippen LogP contribution in [0.15, 0.2) is 90.2 Å². The summed E-state index contributed by atoms with van der Waals surface area (Å²) in [7, 11) is 0. The Morgan fingerprint density at radius 2 is 1.76 bits per heavy atom. The number of nitrogens with zero attached hydrogens (tertiary/aromatic N) is 1. The number of aliphatic hydroxyl groups excluding tert-OH is 1. The highest BCUT2D eigenvalue weighted by atomic mass is 16.5. The molecule has 4 rings (SSSR count). The molecule has 3 aromatic rings. The molecule has 0 saturated carbocycles. The van der Waals surface area contributed by atoms with Gasteiger partial charge >= 0.3 is 0 Å². The lowest BCUT2D eigenvalue weighted by Crippen LogP contribution is -2.31. The van der Waals surface area contributed by atoms with E-state index in [1.165, 1.54) is 4.90 Å². The fourth-order valence-electron chi connectivity index (χ4n) is 4.24. The first-order valence-electron chi connectivity index (χ1n) is 11.1. The summed E-state index contributed by atoms with van der Waals surface area (Å²) in [5, 5.41) is 10.9. The van der Waals surface area contributed by atoms with Gasteiger partial charge in [-0.05, 0) is 43.5 Å². The molecule has 5 heteroatoms. The van der Waals surface area contributed by atoms with Crippen LogP contribution >= 0.6 is 0 Å². The standard InChI is InChI=1S/C28H27NO4/c1-3-33-23-14-8-13-22(18-23)29-26(21-12-7-9-19(2)17-21)25(27(31)28(29)32)24(30)16-15-20-10-5-4-6-11-20/h4-14,17-18,26,31H,3,15-16H2,1-2H3. The SMILES string of the molecule is CCOc1cccc(N2C(=O)C(O)=C(C(=O)CCc3ccccc3)C2c2cccc(C)c2)c1. The van der Waals surface area contributed by atoms with Gasteiger partial charge in [0.15, 0.2) is 11.5 Å². The lowest BCUT2D eigenvalue weighted by atomic mass is 9.92. The summed E-state index contributed by atoms with van der Waals surface area (Å²) in [5.41, 5.74) is 3.52.